The first-order valence-corrected chi connectivity index (χ1v) is 10.1. The van der Waals surface area contributed by atoms with Crippen LogP contribution >= 0.6 is 23.1 Å². The van der Waals surface area contributed by atoms with Crippen LogP contribution in [-0.4, -0.2) is 22.4 Å². The van der Waals surface area contributed by atoms with Gasteiger partial charge in [0.2, 0.25) is 5.91 Å². The predicted octanol–water partition coefficient (Wildman–Crippen LogP) is 4.65. The molecule has 0 saturated carbocycles. The minimum atomic E-state index is -0.0938. The molecule has 4 nitrogen and oxygen atoms in total. The van der Waals surface area contributed by atoms with Gasteiger partial charge in [-0.2, -0.15) is 0 Å². The summed E-state index contributed by atoms with van der Waals surface area (Å²) in [4.78, 5) is 30.8. The number of nitrogens with one attached hydrogen (secondary N) is 1. The van der Waals surface area contributed by atoms with Crippen molar-refractivity contribution < 1.29 is 9.59 Å². The average Bonchev–Trinajstić information content (AvgIpc) is 2.89. The van der Waals surface area contributed by atoms with Gasteiger partial charge in [-0.15, -0.1) is 11.8 Å². The molecular weight excluding hydrogens is 352 g/mol. The van der Waals surface area contributed by atoms with Crippen molar-refractivity contribution in [2.24, 2.45) is 5.41 Å². The van der Waals surface area contributed by atoms with Crippen molar-refractivity contribution >= 4 is 39.9 Å². The lowest BCUT2D eigenvalue weighted by Crippen LogP contribution is -2.26. The van der Waals surface area contributed by atoms with Gasteiger partial charge < -0.3 is 5.32 Å². The fourth-order valence-corrected chi connectivity index (χ4v) is 4.79. The Balaban J connectivity index is 1.64. The van der Waals surface area contributed by atoms with Crippen molar-refractivity contribution in [2.45, 2.75) is 45.4 Å². The summed E-state index contributed by atoms with van der Waals surface area (Å²) in [6.07, 6.45) is 1.32. The maximum Gasteiger partial charge on any atom is 0.236 e. The van der Waals surface area contributed by atoms with Crippen LogP contribution in [0.3, 0.4) is 0 Å². The van der Waals surface area contributed by atoms with E-state index in [1.165, 1.54) is 34.2 Å². The molecule has 1 amide bonds. The van der Waals surface area contributed by atoms with Crippen LogP contribution in [0.1, 0.15) is 46.8 Å². The molecule has 0 spiro atoms. The molecule has 0 bridgehead atoms. The van der Waals surface area contributed by atoms with E-state index in [1.54, 1.807) is 0 Å². The van der Waals surface area contributed by atoms with Crippen LogP contribution in [0.4, 0.5) is 5.13 Å². The quantitative estimate of drug-likeness (QED) is 0.792. The number of rotatable bonds is 4. The number of hydrogen-bond donors (Lipinski definition) is 1. The zero-order valence-electron chi connectivity index (χ0n) is 14.9. The molecule has 1 heterocycles. The highest BCUT2D eigenvalue weighted by atomic mass is 32.2. The smallest absolute Gasteiger partial charge is 0.236 e. The van der Waals surface area contributed by atoms with Crippen LogP contribution in [0.15, 0.2) is 23.1 Å². The standard InChI is InChI=1S/C19H22N2O2S2/c1-11-5-6-12(2)15(7-11)24-10-16(23)21-18-20-13-8-19(3,4)9-14(22)17(13)25-18/h5-7H,8-10H2,1-4H3,(H,20,21,23). The number of Topliss-reactive ketones (excluding diaryl/α,β-unsaturated/α-hetero) is 1. The highest BCUT2D eigenvalue weighted by molar-refractivity contribution is 8.00. The number of fused-ring (bicyclic) bond motifs is 1. The average molecular weight is 375 g/mol. The number of hydrogen-bond acceptors (Lipinski definition) is 5. The molecule has 2 aromatic rings. The molecule has 6 heteroatoms. The molecule has 1 aliphatic carbocycles. The van der Waals surface area contributed by atoms with Crippen LogP contribution < -0.4 is 5.32 Å². The van der Waals surface area contributed by atoms with Crippen LogP contribution in [0.5, 0.6) is 0 Å². The molecule has 0 saturated heterocycles. The SMILES string of the molecule is Cc1ccc(C)c(SCC(=O)Nc2nc3c(s2)C(=O)CC(C)(C)C3)c1. The number of anilines is 1. The molecule has 0 unspecified atom stereocenters. The molecule has 1 aromatic carbocycles. The summed E-state index contributed by atoms with van der Waals surface area (Å²) >= 11 is 2.82. The summed E-state index contributed by atoms with van der Waals surface area (Å²) in [5.41, 5.74) is 3.12. The number of carbonyl (C=O) groups is 2. The molecule has 132 valence electrons. The number of ketones is 1. The molecule has 3 rings (SSSR count). The largest absolute Gasteiger partial charge is 0.301 e. The number of carbonyl (C=O) groups excluding carboxylic acids is 2. The molecule has 1 aromatic heterocycles. The van der Waals surface area contributed by atoms with E-state index in [2.05, 4.69) is 42.3 Å². The molecular formula is C19H22N2O2S2. The minimum Gasteiger partial charge on any atom is -0.301 e. The number of amides is 1. The number of thioether (sulfide) groups is 1. The van der Waals surface area contributed by atoms with Gasteiger partial charge in [0.25, 0.3) is 0 Å². The highest BCUT2D eigenvalue weighted by Gasteiger charge is 2.34. The third-order valence-electron chi connectivity index (χ3n) is 4.18. The summed E-state index contributed by atoms with van der Waals surface area (Å²) in [5, 5.41) is 3.38. The molecule has 0 aliphatic heterocycles. The second-order valence-electron chi connectivity index (χ2n) is 7.34. The molecule has 1 aliphatic rings. The lowest BCUT2D eigenvalue weighted by Gasteiger charge is -2.26. The Bertz CT molecular complexity index is 840. The predicted molar refractivity (Wildman–Crippen MR) is 104 cm³/mol. The van der Waals surface area contributed by atoms with Gasteiger partial charge >= 0.3 is 0 Å². The number of nitrogens with zero attached hydrogens (tertiary/aromatic N) is 1. The van der Waals surface area contributed by atoms with Gasteiger partial charge in [0.05, 0.1) is 16.3 Å². The van der Waals surface area contributed by atoms with Crippen LogP contribution in [0.2, 0.25) is 0 Å². The van der Waals surface area contributed by atoms with E-state index in [0.29, 0.717) is 22.2 Å². The van der Waals surface area contributed by atoms with E-state index >= 15 is 0 Å². The normalized spacial score (nSPS) is 15.8. The molecule has 25 heavy (non-hydrogen) atoms. The summed E-state index contributed by atoms with van der Waals surface area (Å²) in [7, 11) is 0. The zero-order chi connectivity index (χ0) is 18.2. The summed E-state index contributed by atoms with van der Waals surface area (Å²) < 4.78 is 0. The van der Waals surface area contributed by atoms with E-state index < -0.39 is 0 Å². The van der Waals surface area contributed by atoms with E-state index in [9.17, 15) is 9.59 Å². The van der Waals surface area contributed by atoms with E-state index in [-0.39, 0.29) is 17.1 Å². The van der Waals surface area contributed by atoms with Gasteiger partial charge in [-0.05, 0) is 37.3 Å². The summed E-state index contributed by atoms with van der Waals surface area (Å²) in [6.45, 7) is 8.24. The Morgan fingerprint density at radius 1 is 1.32 bits per heavy atom. The summed E-state index contributed by atoms with van der Waals surface area (Å²) in [6, 6.07) is 6.23. The van der Waals surface area contributed by atoms with Crippen molar-refractivity contribution in [1.82, 2.24) is 4.98 Å². The Kier molecular flexibility index (Phi) is 5.02. The number of thiazole rings is 1. The topological polar surface area (TPSA) is 59.1 Å². The third kappa shape index (κ3) is 4.30. The first kappa shape index (κ1) is 18.1. The first-order valence-electron chi connectivity index (χ1n) is 8.26. The van der Waals surface area contributed by atoms with E-state index in [4.69, 9.17) is 0 Å². The second kappa shape index (κ2) is 6.92. The maximum absolute atomic E-state index is 12.3. The van der Waals surface area contributed by atoms with Gasteiger partial charge in [0.1, 0.15) is 0 Å². The van der Waals surface area contributed by atoms with Gasteiger partial charge in [-0.1, -0.05) is 42.9 Å². The molecule has 0 radical (unpaired) electrons. The third-order valence-corrected chi connectivity index (χ3v) is 6.40. The summed E-state index contributed by atoms with van der Waals surface area (Å²) in [5.74, 6) is 0.367. The van der Waals surface area contributed by atoms with Crippen LogP contribution in [0.25, 0.3) is 0 Å². The van der Waals surface area contributed by atoms with Gasteiger partial charge in [0, 0.05) is 11.3 Å². The maximum atomic E-state index is 12.3. The van der Waals surface area contributed by atoms with E-state index in [1.807, 2.05) is 13.8 Å². The Morgan fingerprint density at radius 2 is 2.08 bits per heavy atom. The molecule has 0 atom stereocenters. The zero-order valence-corrected chi connectivity index (χ0v) is 16.6. The Labute approximate surface area is 156 Å². The van der Waals surface area contributed by atoms with Crippen molar-refractivity contribution in [3.63, 3.8) is 0 Å². The van der Waals surface area contributed by atoms with Gasteiger partial charge in [-0.3, -0.25) is 9.59 Å². The lowest BCUT2D eigenvalue weighted by molar-refractivity contribution is -0.113. The first-order chi connectivity index (χ1) is 11.7. The van der Waals surface area contributed by atoms with Crippen molar-refractivity contribution in [1.29, 1.82) is 0 Å². The Morgan fingerprint density at radius 3 is 2.84 bits per heavy atom. The lowest BCUT2D eigenvalue weighted by atomic mass is 9.78. The fraction of sp³-hybridized carbons (Fsp3) is 0.421. The Hall–Kier alpha value is -1.66. The van der Waals surface area contributed by atoms with Gasteiger partial charge in [-0.25, -0.2) is 4.98 Å². The monoisotopic (exact) mass is 374 g/mol. The van der Waals surface area contributed by atoms with Crippen LogP contribution in [0, 0.1) is 19.3 Å². The van der Waals surface area contributed by atoms with Crippen molar-refractivity contribution in [2.75, 3.05) is 11.1 Å². The number of benzene rings is 1. The minimum absolute atomic E-state index is 0.0576. The fourth-order valence-electron chi connectivity index (χ4n) is 2.94. The highest BCUT2D eigenvalue weighted by Crippen LogP contribution is 2.38. The molecule has 0 fully saturated rings. The number of aromatic nitrogens is 1. The van der Waals surface area contributed by atoms with Crippen molar-refractivity contribution in [3.8, 4) is 0 Å². The van der Waals surface area contributed by atoms with E-state index in [0.717, 1.165) is 17.0 Å². The van der Waals surface area contributed by atoms with Gasteiger partial charge in [0.15, 0.2) is 10.9 Å². The number of aryl methyl sites for hydroxylation is 2. The molecule has 1 N–H and O–H groups in total. The van der Waals surface area contributed by atoms with Crippen molar-refractivity contribution in [3.05, 3.63) is 39.9 Å². The van der Waals surface area contributed by atoms with Crippen LogP contribution in [-0.2, 0) is 11.2 Å². The second-order valence-corrected chi connectivity index (χ2v) is 9.36.